The van der Waals surface area contributed by atoms with E-state index in [1.165, 1.54) is 13.2 Å². The molecule has 2 aromatic heterocycles. The topological polar surface area (TPSA) is 71.1 Å². The number of methoxy groups -OCH3 is 1. The molecule has 1 N–H and O–H groups in total. The van der Waals surface area contributed by atoms with Crippen LogP contribution >= 0.6 is 0 Å². The standard InChI is InChI=1S/C17H21FN4O2/c1-10-4-5-11(2)22(9-10)17(23)15-7-14(20-21-15)12-6-16(24-3)19-8-13(12)18/h6-8,10-11H,4-5,9H2,1-3H3,(H,20,21). The molecule has 0 aromatic carbocycles. The Morgan fingerprint density at radius 1 is 1.38 bits per heavy atom. The first-order valence-electron chi connectivity index (χ1n) is 8.06. The number of H-pyrrole nitrogens is 1. The lowest BCUT2D eigenvalue weighted by atomic mass is 9.95. The lowest BCUT2D eigenvalue weighted by Crippen LogP contribution is -2.45. The molecule has 0 aliphatic carbocycles. The fraction of sp³-hybridized carbons (Fsp3) is 0.471. The number of piperidine rings is 1. The third kappa shape index (κ3) is 3.11. The highest BCUT2D eigenvalue weighted by Crippen LogP contribution is 2.26. The maximum atomic E-state index is 14.0. The molecule has 6 nitrogen and oxygen atoms in total. The second-order valence-corrected chi connectivity index (χ2v) is 6.36. The summed E-state index contributed by atoms with van der Waals surface area (Å²) in [5, 5.41) is 6.82. The Bertz CT molecular complexity index is 746. The fourth-order valence-electron chi connectivity index (χ4n) is 3.02. The predicted molar refractivity (Wildman–Crippen MR) is 87.2 cm³/mol. The molecule has 128 valence electrons. The molecule has 1 amide bonds. The molecule has 3 heterocycles. The Labute approximate surface area is 140 Å². The molecule has 1 saturated heterocycles. The zero-order valence-electron chi connectivity index (χ0n) is 14.0. The highest BCUT2D eigenvalue weighted by molar-refractivity contribution is 5.93. The van der Waals surface area contributed by atoms with Crippen LogP contribution in [0.5, 0.6) is 5.88 Å². The molecule has 1 aliphatic rings. The van der Waals surface area contributed by atoms with Gasteiger partial charge in [-0.15, -0.1) is 0 Å². The average Bonchev–Trinajstić information content (AvgIpc) is 3.06. The smallest absolute Gasteiger partial charge is 0.272 e. The maximum Gasteiger partial charge on any atom is 0.272 e. The largest absolute Gasteiger partial charge is 0.481 e. The van der Waals surface area contributed by atoms with E-state index in [2.05, 4.69) is 29.0 Å². The number of halogens is 1. The highest BCUT2D eigenvalue weighted by atomic mass is 19.1. The van der Waals surface area contributed by atoms with Gasteiger partial charge in [-0.25, -0.2) is 9.37 Å². The zero-order valence-corrected chi connectivity index (χ0v) is 14.0. The summed E-state index contributed by atoms with van der Waals surface area (Å²) in [6.07, 6.45) is 3.20. The molecule has 1 fully saturated rings. The van der Waals surface area contributed by atoms with Gasteiger partial charge in [0.15, 0.2) is 5.82 Å². The number of hydrogen-bond donors (Lipinski definition) is 1. The lowest BCUT2D eigenvalue weighted by molar-refractivity contribution is 0.0568. The van der Waals surface area contributed by atoms with E-state index in [0.717, 1.165) is 25.6 Å². The molecule has 0 saturated carbocycles. The summed E-state index contributed by atoms with van der Waals surface area (Å²) < 4.78 is 19.0. The number of ether oxygens (including phenoxy) is 1. The first-order valence-corrected chi connectivity index (χ1v) is 8.06. The summed E-state index contributed by atoms with van der Waals surface area (Å²) >= 11 is 0. The van der Waals surface area contributed by atoms with Gasteiger partial charge in [-0.3, -0.25) is 9.89 Å². The van der Waals surface area contributed by atoms with Crippen molar-refractivity contribution in [3.05, 3.63) is 29.8 Å². The van der Waals surface area contributed by atoms with Crippen LogP contribution in [-0.4, -0.2) is 45.7 Å². The van der Waals surface area contributed by atoms with Gasteiger partial charge in [0.25, 0.3) is 5.91 Å². The molecule has 7 heteroatoms. The lowest BCUT2D eigenvalue weighted by Gasteiger charge is -2.36. The van der Waals surface area contributed by atoms with Gasteiger partial charge in [-0.1, -0.05) is 6.92 Å². The van der Waals surface area contributed by atoms with Crippen molar-refractivity contribution in [3.63, 3.8) is 0 Å². The molecule has 24 heavy (non-hydrogen) atoms. The van der Waals surface area contributed by atoms with Gasteiger partial charge in [0.05, 0.1) is 19.0 Å². The predicted octanol–water partition coefficient (Wildman–Crippen LogP) is 2.88. The van der Waals surface area contributed by atoms with Gasteiger partial charge in [-0.05, 0) is 31.7 Å². The quantitative estimate of drug-likeness (QED) is 0.938. The number of pyridine rings is 1. The van der Waals surface area contributed by atoms with Crippen LogP contribution in [0.25, 0.3) is 11.3 Å². The summed E-state index contributed by atoms with van der Waals surface area (Å²) in [4.78, 5) is 18.4. The number of aromatic amines is 1. The summed E-state index contributed by atoms with van der Waals surface area (Å²) in [7, 11) is 1.46. The molecular formula is C17H21FN4O2. The van der Waals surface area contributed by atoms with Crippen molar-refractivity contribution in [2.75, 3.05) is 13.7 Å². The fourth-order valence-corrected chi connectivity index (χ4v) is 3.02. The minimum Gasteiger partial charge on any atom is -0.481 e. The monoisotopic (exact) mass is 332 g/mol. The summed E-state index contributed by atoms with van der Waals surface area (Å²) in [5.41, 5.74) is 0.965. The van der Waals surface area contributed by atoms with E-state index in [1.54, 1.807) is 6.07 Å². The molecule has 0 radical (unpaired) electrons. The normalized spacial score (nSPS) is 20.9. The first-order chi connectivity index (χ1) is 11.5. The van der Waals surface area contributed by atoms with Crippen LogP contribution in [0.15, 0.2) is 18.3 Å². The molecule has 3 rings (SSSR count). The number of likely N-dealkylation sites (tertiary alicyclic amines) is 1. The number of hydrogen-bond acceptors (Lipinski definition) is 4. The number of aromatic nitrogens is 3. The van der Waals surface area contributed by atoms with Crippen molar-refractivity contribution in [2.24, 2.45) is 5.92 Å². The summed E-state index contributed by atoms with van der Waals surface area (Å²) in [5.74, 6) is 0.158. The minimum absolute atomic E-state index is 0.103. The third-order valence-electron chi connectivity index (χ3n) is 4.50. The number of nitrogens with zero attached hydrogens (tertiary/aromatic N) is 3. The Morgan fingerprint density at radius 3 is 2.92 bits per heavy atom. The van der Waals surface area contributed by atoms with Crippen LogP contribution in [0, 0.1) is 11.7 Å². The maximum absolute atomic E-state index is 14.0. The van der Waals surface area contributed by atoms with E-state index >= 15 is 0 Å². The van der Waals surface area contributed by atoms with Crippen molar-refractivity contribution in [1.82, 2.24) is 20.1 Å². The van der Waals surface area contributed by atoms with E-state index in [1.807, 2.05) is 4.90 Å². The van der Waals surface area contributed by atoms with Crippen LogP contribution in [-0.2, 0) is 0 Å². The van der Waals surface area contributed by atoms with Gasteiger partial charge in [-0.2, -0.15) is 5.10 Å². The van der Waals surface area contributed by atoms with Crippen LogP contribution in [0.2, 0.25) is 0 Å². The first kappa shape index (κ1) is 16.4. The minimum atomic E-state index is -0.513. The van der Waals surface area contributed by atoms with Crippen LogP contribution in [0.1, 0.15) is 37.2 Å². The van der Waals surface area contributed by atoms with Crippen molar-refractivity contribution in [2.45, 2.75) is 32.7 Å². The van der Waals surface area contributed by atoms with Crippen molar-refractivity contribution < 1.29 is 13.9 Å². The second kappa shape index (κ2) is 6.59. The van der Waals surface area contributed by atoms with E-state index < -0.39 is 5.82 Å². The van der Waals surface area contributed by atoms with Gasteiger partial charge in [0.1, 0.15) is 5.69 Å². The van der Waals surface area contributed by atoms with Crippen LogP contribution in [0.4, 0.5) is 4.39 Å². The van der Waals surface area contributed by atoms with Crippen LogP contribution < -0.4 is 4.74 Å². The van der Waals surface area contributed by atoms with Crippen molar-refractivity contribution >= 4 is 5.91 Å². The molecule has 2 unspecified atom stereocenters. The molecule has 2 atom stereocenters. The molecule has 0 spiro atoms. The van der Waals surface area contributed by atoms with Crippen LogP contribution in [0.3, 0.4) is 0 Å². The van der Waals surface area contributed by atoms with Crippen molar-refractivity contribution in [1.29, 1.82) is 0 Å². The summed E-state index contributed by atoms with van der Waals surface area (Å²) in [6.45, 7) is 4.92. The highest BCUT2D eigenvalue weighted by Gasteiger charge is 2.29. The Balaban J connectivity index is 1.86. The number of carbonyl (C=O) groups excluding carboxylic acids is 1. The molecule has 2 aromatic rings. The number of carbonyl (C=O) groups is 1. The van der Waals surface area contributed by atoms with E-state index in [-0.39, 0.29) is 17.5 Å². The Morgan fingerprint density at radius 2 is 2.17 bits per heavy atom. The zero-order chi connectivity index (χ0) is 17.3. The third-order valence-corrected chi connectivity index (χ3v) is 4.50. The van der Waals surface area contributed by atoms with E-state index in [9.17, 15) is 9.18 Å². The summed E-state index contributed by atoms with van der Waals surface area (Å²) in [6, 6.07) is 3.23. The Hall–Kier alpha value is -2.44. The van der Waals surface area contributed by atoms with Gasteiger partial charge < -0.3 is 9.64 Å². The van der Waals surface area contributed by atoms with Crippen molar-refractivity contribution in [3.8, 4) is 17.1 Å². The van der Waals surface area contributed by atoms with Gasteiger partial charge >= 0.3 is 0 Å². The Kier molecular flexibility index (Phi) is 4.51. The van der Waals surface area contributed by atoms with E-state index in [4.69, 9.17) is 4.74 Å². The molecular weight excluding hydrogens is 311 g/mol. The average molecular weight is 332 g/mol. The van der Waals surface area contributed by atoms with E-state index in [0.29, 0.717) is 23.2 Å². The SMILES string of the molecule is COc1cc(-c2cc(C(=O)N3CC(C)CCC3C)[nH]n2)c(F)cn1. The molecule has 0 bridgehead atoms. The van der Waals surface area contributed by atoms with Gasteiger partial charge in [0, 0.05) is 24.2 Å². The number of amides is 1. The number of nitrogens with one attached hydrogen (secondary N) is 1. The molecule has 1 aliphatic heterocycles. The number of rotatable bonds is 3. The second-order valence-electron chi connectivity index (χ2n) is 6.36. The van der Waals surface area contributed by atoms with Gasteiger partial charge in [0.2, 0.25) is 5.88 Å².